The lowest BCUT2D eigenvalue weighted by molar-refractivity contribution is -0.117. The number of nitrogens with one attached hydrogen (secondary N) is 3. The van der Waals surface area contributed by atoms with Crippen LogP contribution in [0, 0.1) is 11.8 Å². The maximum atomic E-state index is 12.5. The first-order chi connectivity index (χ1) is 15.9. The van der Waals surface area contributed by atoms with E-state index < -0.39 is 0 Å². The zero-order valence-electron chi connectivity index (χ0n) is 19.1. The van der Waals surface area contributed by atoms with Crippen LogP contribution in [0.25, 0.3) is 11.3 Å². The highest BCUT2D eigenvalue weighted by Crippen LogP contribution is 2.43. The second-order valence-corrected chi connectivity index (χ2v) is 8.86. The fraction of sp³-hybridized carbons (Fsp3) is 0.333. The van der Waals surface area contributed by atoms with Crippen LogP contribution in [0.1, 0.15) is 29.3 Å². The molecular formula is C24H27N7O2. The molecule has 3 N–H and O–H groups in total. The number of aryl methyl sites for hydroxylation is 1. The maximum absolute atomic E-state index is 12.5. The van der Waals surface area contributed by atoms with Crippen LogP contribution in [0.15, 0.2) is 36.7 Å². The van der Waals surface area contributed by atoms with Crippen LogP contribution in [0.2, 0.25) is 0 Å². The quantitative estimate of drug-likeness (QED) is 0.557. The molecule has 0 radical (unpaired) electrons. The van der Waals surface area contributed by atoms with Crippen LogP contribution < -0.4 is 20.9 Å². The number of para-hydroxylation sites is 1. The van der Waals surface area contributed by atoms with Gasteiger partial charge in [0.25, 0.3) is 5.91 Å². The molecule has 1 saturated carbocycles. The van der Waals surface area contributed by atoms with Gasteiger partial charge in [0.15, 0.2) is 0 Å². The van der Waals surface area contributed by atoms with Crippen LogP contribution in [0.3, 0.4) is 0 Å². The van der Waals surface area contributed by atoms with Gasteiger partial charge in [0.2, 0.25) is 5.91 Å². The van der Waals surface area contributed by atoms with Crippen LogP contribution in [0.4, 0.5) is 22.9 Å². The molecule has 0 bridgehead atoms. The van der Waals surface area contributed by atoms with E-state index >= 15 is 0 Å². The number of rotatable bonds is 5. The van der Waals surface area contributed by atoms with Crippen molar-refractivity contribution in [1.29, 1.82) is 0 Å². The monoisotopic (exact) mass is 445 g/mol. The fourth-order valence-corrected chi connectivity index (χ4v) is 4.46. The van der Waals surface area contributed by atoms with Crippen molar-refractivity contribution >= 4 is 34.7 Å². The summed E-state index contributed by atoms with van der Waals surface area (Å²) in [6, 6.07) is 7.71. The minimum atomic E-state index is -0.260. The third-order valence-electron chi connectivity index (χ3n) is 6.33. The van der Waals surface area contributed by atoms with Gasteiger partial charge in [0, 0.05) is 63.2 Å². The smallest absolute Gasteiger partial charge is 0.254 e. The lowest BCUT2D eigenvalue weighted by atomic mass is 9.99. The Hall–Kier alpha value is -3.88. The summed E-state index contributed by atoms with van der Waals surface area (Å²) >= 11 is 0. The minimum absolute atomic E-state index is 0.0317. The summed E-state index contributed by atoms with van der Waals surface area (Å²) in [5.74, 6) is 0.552. The number of hydrogen-bond donors (Lipinski definition) is 3. The van der Waals surface area contributed by atoms with E-state index in [1.807, 2.05) is 37.1 Å². The molecule has 1 aliphatic carbocycles. The number of benzene rings is 1. The Labute approximate surface area is 192 Å². The molecule has 3 aromatic rings. The number of amides is 2. The lowest BCUT2D eigenvalue weighted by Crippen LogP contribution is -2.23. The summed E-state index contributed by atoms with van der Waals surface area (Å²) in [5.41, 5.74) is 5.95. The van der Waals surface area contributed by atoms with Crippen molar-refractivity contribution in [2.45, 2.75) is 19.9 Å². The minimum Gasteiger partial charge on any atom is -0.368 e. The van der Waals surface area contributed by atoms with Gasteiger partial charge in [-0.2, -0.15) is 5.10 Å². The standard InChI is InChI=1S/C24H27N7O2/c1-13-8-16(13)24(33)28-20-9-19(17(10-26-20)23(32)25-2)27-18-7-5-6-15-21-14(12-31(4)29-21)11-30(3)22(15)18/h5-7,9-10,12-13,16H,8,11H2,1-4H3,(H,25,32)(H2,26,27,28,33)/t13-,16-/m1/s1. The summed E-state index contributed by atoms with van der Waals surface area (Å²) in [5, 5.41) is 13.6. The van der Waals surface area contributed by atoms with Crippen LogP contribution in [-0.2, 0) is 18.4 Å². The Bertz CT molecular complexity index is 1270. The predicted molar refractivity (Wildman–Crippen MR) is 128 cm³/mol. The van der Waals surface area contributed by atoms with Crippen molar-refractivity contribution in [3.8, 4) is 11.3 Å². The summed E-state index contributed by atoms with van der Waals surface area (Å²) < 4.78 is 1.83. The van der Waals surface area contributed by atoms with Crippen molar-refractivity contribution in [3.05, 3.63) is 47.8 Å². The Morgan fingerprint density at radius 3 is 2.70 bits per heavy atom. The van der Waals surface area contributed by atoms with E-state index in [1.165, 1.54) is 11.8 Å². The van der Waals surface area contributed by atoms with Gasteiger partial charge in [-0.15, -0.1) is 0 Å². The molecule has 1 aromatic carbocycles. The van der Waals surface area contributed by atoms with Gasteiger partial charge in [-0.25, -0.2) is 4.98 Å². The van der Waals surface area contributed by atoms with E-state index in [-0.39, 0.29) is 17.7 Å². The molecule has 0 unspecified atom stereocenters. The number of pyridine rings is 1. The first kappa shape index (κ1) is 21.0. The third-order valence-corrected chi connectivity index (χ3v) is 6.33. The number of fused-ring (bicyclic) bond motifs is 3. The van der Waals surface area contributed by atoms with Crippen molar-refractivity contribution in [3.63, 3.8) is 0 Å². The third kappa shape index (κ3) is 3.79. The molecule has 33 heavy (non-hydrogen) atoms. The topological polar surface area (TPSA) is 104 Å². The summed E-state index contributed by atoms with van der Waals surface area (Å²) in [6.45, 7) is 2.79. The highest BCUT2D eigenvalue weighted by Gasteiger charge is 2.39. The Morgan fingerprint density at radius 2 is 1.97 bits per heavy atom. The second kappa shape index (κ2) is 7.91. The molecule has 1 aliphatic heterocycles. The molecule has 2 aromatic heterocycles. The molecule has 9 heteroatoms. The van der Waals surface area contributed by atoms with Crippen molar-refractivity contribution in [1.82, 2.24) is 20.1 Å². The van der Waals surface area contributed by atoms with Crippen LogP contribution in [0.5, 0.6) is 0 Å². The van der Waals surface area contributed by atoms with E-state index in [2.05, 4.69) is 43.9 Å². The fourth-order valence-electron chi connectivity index (χ4n) is 4.46. The Morgan fingerprint density at radius 1 is 1.18 bits per heavy atom. The molecule has 0 saturated heterocycles. The van der Waals surface area contributed by atoms with Gasteiger partial charge in [0.1, 0.15) is 5.82 Å². The average molecular weight is 446 g/mol. The van der Waals surface area contributed by atoms with E-state index in [0.29, 0.717) is 23.0 Å². The maximum Gasteiger partial charge on any atom is 0.254 e. The predicted octanol–water partition coefficient (Wildman–Crippen LogP) is 3.13. The Balaban J connectivity index is 1.53. The van der Waals surface area contributed by atoms with Gasteiger partial charge in [-0.1, -0.05) is 19.1 Å². The number of anilines is 4. The molecular weight excluding hydrogens is 418 g/mol. The van der Waals surface area contributed by atoms with E-state index in [0.717, 1.165) is 35.6 Å². The number of carbonyl (C=O) groups is 2. The molecule has 170 valence electrons. The number of hydrogen-bond acceptors (Lipinski definition) is 6. The normalized spacial score (nSPS) is 18.2. The van der Waals surface area contributed by atoms with Crippen LogP contribution >= 0.6 is 0 Å². The molecule has 1 fully saturated rings. The highest BCUT2D eigenvalue weighted by atomic mass is 16.2. The van der Waals surface area contributed by atoms with E-state index in [1.54, 1.807) is 13.1 Å². The molecule has 2 atom stereocenters. The van der Waals surface area contributed by atoms with E-state index in [9.17, 15) is 9.59 Å². The molecule has 0 spiro atoms. The SMILES string of the molecule is CNC(=O)c1cnc(NC(=O)[C@@H]2C[C@H]2C)cc1Nc1cccc2c1N(C)Cc1cn(C)nc1-2. The number of nitrogens with zero attached hydrogens (tertiary/aromatic N) is 4. The van der Waals surface area contributed by atoms with Gasteiger partial charge in [-0.3, -0.25) is 14.3 Å². The van der Waals surface area contributed by atoms with Gasteiger partial charge < -0.3 is 20.9 Å². The first-order valence-corrected chi connectivity index (χ1v) is 11.0. The summed E-state index contributed by atoms with van der Waals surface area (Å²) in [7, 11) is 5.54. The molecule has 2 aliphatic rings. The van der Waals surface area contributed by atoms with Gasteiger partial charge in [-0.05, 0) is 18.4 Å². The molecule has 5 rings (SSSR count). The lowest BCUT2D eigenvalue weighted by Gasteiger charge is -2.29. The molecule has 2 amide bonds. The number of carbonyl (C=O) groups excluding carboxylic acids is 2. The second-order valence-electron chi connectivity index (χ2n) is 8.86. The molecule has 3 heterocycles. The van der Waals surface area contributed by atoms with Gasteiger partial charge >= 0.3 is 0 Å². The van der Waals surface area contributed by atoms with Crippen LogP contribution in [-0.4, -0.2) is 40.7 Å². The highest BCUT2D eigenvalue weighted by molar-refractivity contribution is 6.02. The van der Waals surface area contributed by atoms with Crippen molar-refractivity contribution in [2.24, 2.45) is 18.9 Å². The largest absolute Gasteiger partial charge is 0.368 e. The molecule has 9 nitrogen and oxygen atoms in total. The van der Waals surface area contributed by atoms with E-state index in [4.69, 9.17) is 0 Å². The first-order valence-electron chi connectivity index (χ1n) is 11.0. The van der Waals surface area contributed by atoms with Crippen molar-refractivity contribution < 1.29 is 9.59 Å². The summed E-state index contributed by atoms with van der Waals surface area (Å²) in [4.78, 5) is 31.4. The Kier molecular flexibility index (Phi) is 5.03. The number of aromatic nitrogens is 3. The summed E-state index contributed by atoms with van der Waals surface area (Å²) in [6.07, 6.45) is 4.42. The average Bonchev–Trinajstić information content (AvgIpc) is 3.41. The van der Waals surface area contributed by atoms with Gasteiger partial charge in [0.05, 0.1) is 28.3 Å². The zero-order chi connectivity index (χ0) is 23.3. The van der Waals surface area contributed by atoms with Crippen molar-refractivity contribution in [2.75, 3.05) is 29.6 Å². The zero-order valence-corrected chi connectivity index (χ0v) is 19.1.